The van der Waals surface area contributed by atoms with Crippen LogP contribution in [0.1, 0.15) is 6.42 Å². The second kappa shape index (κ2) is 4.38. The predicted molar refractivity (Wildman–Crippen MR) is 46.8 cm³/mol. The molecule has 12 heavy (non-hydrogen) atoms. The maximum Gasteiger partial charge on any atom is 0.185 e. The summed E-state index contributed by atoms with van der Waals surface area (Å²) in [5, 5.41) is 9.63. The maximum atomic E-state index is 6.89. The van der Waals surface area contributed by atoms with Gasteiger partial charge in [-0.2, -0.15) is 0 Å². The first-order chi connectivity index (χ1) is 5.79. The number of nitrogens with zero attached hydrogens (tertiary/aromatic N) is 2. The van der Waals surface area contributed by atoms with E-state index in [9.17, 15) is 0 Å². The van der Waals surface area contributed by atoms with Gasteiger partial charge in [0.2, 0.25) is 0 Å². The molecule has 5 heteroatoms. The van der Waals surface area contributed by atoms with Gasteiger partial charge in [-0.15, -0.1) is 0 Å². The summed E-state index contributed by atoms with van der Waals surface area (Å²) >= 11 is 0. The van der Waals surface area contributed by atoms with Gasteiger partial charge in [0.05, 0.1) is 6.33 Å². The number of guanidine groups is 1. The standard InChI is InChI=1S/C7H13N5/c8-7(9)11-2-1-4-12-5-3-10-6-12/h3,5-6H,1-2,4H2,(H4,8,9,11). The molecular weight excluding hydrogens is 154 g/mol. The quantitative estimate of drug-likeness (QED) is 0.329. The number of rotatable bonds is 4. The van der Waals surface area contributed by atoms with Crippen LogP contribution in [0, 0.1) is 5.41 Å². The van der Waals surface area contributed by atoms with Gasteiger partial charge in [0.25, 0.3) is 0 Å². The summed E-state index contributed by atoms with van der Waals surface area (Å²) in [6, 6.07) is 0. The molecule has 1 rings (SSSR count). The Balaban J connectivity index is 2.07. The zero-order valence-electron chi connectivity index (χ0n) is 6.83. The normalized spacial score (nSPS) is 9.67. The number of hydrogen-bond acceptors (Lipinski definition) is 2. The number of nitrogens with one attached hydrogen (secondary N) is 2. The monoisotopic (exact) mass is 167 g/mol. The maximum absolute atomic E-state index is 6.89. The van der Waals surface area contributed by atoms with E-state index in [0.717, 1.165) is 19.5 Å². The van der Waals surface area contributed by atoms with Crippen LogP contribution in [0.25, 0.3) is 0 Å². The van der Waals surface area contributed by atoms with Gasteiger partial charge in [0.15, 0.2) is 5.96 Å². The van der Waals surface area contributed by atoms with Gasteiger partial charge in [-0.25, -0.2) is 4.98 Å². The van der Waals surface area contributed by atoms with Crippen molar-refractivity contribution in [2.75, 3.05) is 6.54 Å². The number of imidazole rings is 1. The first-order valence-corrected chi connectivity index (χ1v) is 3.82. The predicted octanol–water partition coefficient (Wildman–Crippen LogP) is -0.244. The molecule has 0 aromatic carbocycles. The van der Waals surface area contributed by atoms with E-state index < -0.39 is 0 Å². The third-order valence-corrected chi connectivity index (χ3v) is 1.47. The smallest absolute Gasteiger partial charge is 0.185 e. The Morgan fingerprint density at radius 3 is 3.08 bits per heavy atom. The number of aryl methyl sites for hydroxylation is 1. The topological polar surface area (TPSA) is 79.7 Å². The average molecular weight is 167 g/mol. The van der Waals surface area contributed by atoms with Crippen LogP contribution < -0.4 is 11.1 Å². The Morgan fingerprint density at radius 1 is 1.67 bits per heavy atom. The van der Waals surface area contributed by atoms with Crippen molar-refractivity contribution in [3.8, 4) is 0 Å². The van der Waals surface area contributed by atoms with E-state index in [0.29, 0.717) is 0 Å². The minimum atomic E-state index is 0.0284. The number of aromatic nitrogens is 2. The lowest BCUT2D eigenvalue weighted by atomic mass is 10.4. The molecule has 0 saturated carbocycles. The molecule has 4 N–H and O–H groups in total. The third-order valence-electron chi connectivity index (χ3n) is 1.47. The molecule has 0 atom stereocenters. The molecule has 66 valence electrons. The Hall–Kier alpha value is -1.52. The van der Waals surface area contributed by atoms with E-state index in [-0.39, 0.29) is 5.96 Å². The highest BCUT2D eigenvalue weighted by atomic mass is 15.1. The molecule has 0 aliphatic carbocycles. The van der Waals surface area contributed by atoms with Crippen molar-refractivity contribution < 1.29 is 0 Å². The highest BCUT2D eigenvalue weighted by Gasteiger charge is 1.90. The fourth-order valence-corrected chi connectivity index (χ4v) is 0.904. The van der Waals surface area contributed by atoms with E-state index in [4.69, 9.17) is 11.1 Å². The van der Waals surface area contributed by atoms with Crippen molar-refractivity contribution in [1.29, 1.82) is 5.41 Å². The fourth-order valence-electron chi connectivity index (χ4n) is 0.904. The van der Waals surface area contributed by atoms with E-state index in [1.54, 1.807) is 12.5 Å². The molecule has 5 nitrogen and oxygen atoms in total. The highest BCUT2D eigenvalue weighted by Crippen LogP contribution is 1.88. The van der Waals surface area contributed by atoms with Crippen LogP contribution >= 0.6 is 0 Å². The molecule has 0 fully saturated rings. The van der Waals surface area contributed by atoms with Crippen LogP contribution in [-0.2, 0) is 6.54 Å². The van der Waals surface area contributed by atoms with Crippen molar-refractivity contribution in [2.24, 2.45) is 5.73 Å². The molecule has 1 aromatic heterocycles. The van der Waals surface area contributed by atoms with Gasteiger partial charge in [-0.3, -0.25) is 5.41 Å². The van der Waals surface area contributed by atoms with Gasteiger partial charge < -0.3 is 15.6 Å². The van der Waals surface area contributed by atoms with Crippen LogP contribution in [0.5, 0.6) is 0 Å². The van der Waals surface area contributed by atoms with Crippen LogP contribution in [0.2, 0.25) is 0 Å². The molecule has 0 spiro atoms. The van der Waals surface area contributed by atoms with Crippen LogP contribution in [0.3, 0.4) is 0 Å². The van der Waals surface area contributed by atoms with Crippen molar-refractivity contribution >= 4 is 5.96 Å². The largest absolute Gasteiger partial charge is 0.370 e. The lowest BCUT2D eigenvalue weighted by molar-refractivity contribution is 0.629. The van der Waals surface area contributed by atoms with Crippen LogP contribution in [0.15, 0.2) is 18.7 Å². The van der Waals surface area contributed by atoms with E-state index in [1.165, 1.54) is 0 Å². The molecule has 0 saturated heterocycles. The Morgan fingerprint density at radius 2 is 2.50 bits per heavy atom. The SMILES string of the molecule is N=C(N)NCCCn1ccnc1. The molecule has 1 aromatic rings. The molecular formula is C7H13N5. The van der Waals surface area contributed by atoms with Gasteiger partial charge >= 0.3 is 0 Å². The molecule has 0 aliphatic rings. The van der Waals surface area contributed by atoms with Gasteiger partial charge in [0, 0.05) is 25.5 Å². The molecule has 0 radical (unpaired) electrons. The van der Waals surface area contributed by atoms with Crippen molar-refractivity contribution in [1.82, 2.24) is 14.9 Å². The Labute approximate surface area is 71.1 Å². The zero-order valence-corrected chi connectivity index (χ0v) is 6.83. The van der Waals surface area contributed by atoms with Gasteiger partial charge in [-0.1, -0.05) is 0 Å². The van der Waals surface area contributed by atoms with E-state index in [2.05, 4.69) is 10.3 Å². The average Bonchev–Trinajstić information content (AvgIpc) is 2.49. The minimum absolute atomic E-state index is 0.0284. The van der Waals surface area contributed by atoms with E-state index in [1.807, 2.05) is 10.8 Å². The van der Waals surface area contributed by atoms with Crippen LogP contribution in [0.4, 0.5) is 0 Å². The molecule has 0 amide bonds. The summed E-state index contributed by atoms with van der Waals surface area (Å²) in [7, 11) is 0. The summed E-state index contributed by atoms with van der Waals surface area (Å²) in [5.41, 5.74) is 5.10. The zero-order chi connectivity index (χ0) is 8.81. The number of nitrogens with two attached hydrogens (primary N) is 1. The summed E-state index contributed by atoms with van der Waals surface area (Å²) < 4.78 is 1.99. The third kappa shape index (κ3) is 3.05. The van der Waals surface area contributed by atoms with Gasteiger partial charge in [-0.05, 0) is 6.42 Å². The molecule has 0 unspecified atom stereocenters. The van der Waals surface area contributed by atoms with E-state index >= 15 is 0 Å². The summed E-state index contributed by atoms with van der Waals surface area (Å²) in [5.74, 6) is 0.0284. The molecule has 0 aliphatic heterocycles. The van der Waals surface area contributed by atoms with Crippen molar-refractivity contribution in [3.63, 3.8) is 0 Å². The highest BCUT2D eigenvalue weighted by molar-refractivity contribution is 5.74. The van der Waals surface area contributed by atoms with Gasteiger partial charge in [0.1, 0.15) is 0 Å². The Bertz CT molecular complexity index is 228. The van der Waals surface area contributed by atoms with Crippen molar-refractivity contribution in [3.05, 3.63) is 18.7 Å². The lowest BCUT2D eigenvalue weighted by Gasteiger charge is -2.03. The molecule has 0 bridgehead atoms. The fraction of sp³-hybridized carbons (Fsp3) is 0.429. The minimum Gasteiger partial charge on any atom is -0.370 e. The lowest BCUT2D eigenvalue weighted by Crippen LogP contribution is -2.31. The summed E-state index contributed by atoms with van der Waals surface area (Å²) in [6.07, 6.45) is 6.37. The Kier molecular flexibility index (Phi) is 3.13. The molecule has 1 heterocycles. The second-order valence-electron chi connectivity index (χ2n) is 2.49. The van der Waals surface area contributed by atoms with Crippen molar-refractivity contribution in [2.45, 2.75) is 13.0 Å². The number of hydrogen-bond donors (Lipinski definition) is 3. The summed E-state index contributed by atoms with van der Waals surface area (Å²) in [4.78, 5) is 3.91. The summed E-state index contributed by atoms with van der Waals surface area (Å²) in [6.45, 7) is 1.63. The first kappa shape index (κ1) is 8.58. The first-order valence-electron chi connectivity index (χ1n) is 3.82. The second-order valence-corrected chi connectivity index (χ2v) is 2.49. The van der Waals surface area contributed by atoms with Crippen LogP contribution in [-0.4, -0.2) is 22.1 Å².